The molecule has 0 atom stereocenters. The monoisotopic (exact) mass is 379 g/mol. The molecule has 3 rings (SSSR count). The summed E-state index contributed by atoms with van der Waals surface area (Å²) in [5.74, 6) is 1.44. The van der Waals surface area contributed by atoms with E-state index >= 15 is 0 Å². The van der Waals surface area contributed by atoms with Crippen LogP contribution in [-0.2, 0) is 0 Å². The number of aliphatic imine (C=N–C) groups is 1. The molecule has 2 N–H and O–H groups in total. The first-order chi connectivity index (χ1) is 13.2. The average molecular weight is 380 g/mol. The van der Waals surface area contributed by atoms with Crippen molar-refractivity contribution in [3.63, 3.8) is 0 Å². The Morgan fingerprint density at radius 1 is 1.26 bits per heavy atom. The summed E-state index contributed by atoms with van der Waals surface area (Å²) in [5, 5.41) is 10.4. The number of anilines is 2. The minimum atomic E-state index is 0.393. The maximum absolute atomic E-state index is 6.86. The first-order valence-electron chi connectivity index (χ1n) is 7.71. The lowest BCUT2D eigenvalue weighted by Crippen LogP contribution is -1.99. The predicted molar refractivity (Wildman–Crippen MR) is 106 cm³/mol. The van der Waals surface area contributed by atoms with Crippen molar-refractivity contribution in [2.75, 3.05) is 5.32 Å². The second-order valence-electron chi connectivity index (χ2n) is 5.05. The van der Waals surface area contributed by atoms with Crippen molar-refractivity contribution >= 4 is 46.7 Å². The van der Waals surface area contributed by atoms with Crippen LogP contribution in [0.4, 0.5) is 11.5 Å². The fraction of sp³-hybridized carbons (Fsp3) is 0. The van der Waals surface area contributed by atoms with Crippen LogP contribution in [0.25, 0.3) is 11.0 Å². The number of hydrogen-bond donors (Lipinski definition) is 2. The molecule has 0 bridgehead atoms. The van der Waals surface area contributed by atoms with Gasteiger partial charge >= 0.3 is 0 Å². The van der Waals surface area contributed by atoms with Crippen LogP contribution in [0.1, 0.15) is 0 Å². The summed E-state index contributed by atoms with van der Waals surface area (Å²) in [6, 6.07) is 5.22. The van der Waals surface area contributed by atoms with Gasteiger partial charge in [-0.2, -0.15) is 0 Å². The summed E-state index contributed by atoms with van der Waals surface area (Å²) in [4.78, 5) is 20.1. The van der Waals surface area contributed by atoms with Gasteiger partial charge in [0.2, 0.25) is 0 Å². The highest BCUT2D eigenvalue weighted by Gasteiger charge is 2.08. The van der Waals surface area contributed by atoms with Gasteiger partial charge in [0.25, 0.3) is 0 Å². The van der Waals surface area contributed by atoms with Crippen molar-refractivity contribution in [2.24, 2.45) is 4.99 Å². The molecule has 0 spiro atoms. The highest BCUT2D eigenvalue weighted by molar-refractivity contribution is 6.32. The third-order valence-corrected chi connectivity index (χ3v) is 3.62. The van der Waals surface area contributed by atoms with Gasteiger partial charge in [0.1, 0.15) is 41.5 Å². The highest BCUT2D eigenvalue weighted by atomic mass is 35.5. The van der Waals surface area contributed by atoms with E-state index in [1.165, 1.54) is 24.9 Å². The Kier molecular flexibility index (Phi) is 5.80. The molecule has 8 nitrogen and oxygen atoms in total. The van der Waals surface area contributed by atoms with Gasteiger partial charge in [-0.05, 0) is 30.4 Å². The lowest BCUT2D eigenvalue weighted by atomic mass is 10.3. The fourth-order valence-electron chi connectivity index (χ4n) is 2.13. The van der Waals surface area contributed by atoms with Crippen molar-refractivity contribution < 1.29 is 4.74 Å². The van der Waals surface area contributed by atoms with Crippen molar-refractivity contribution in [3.8, 4) is 5.75 Å². The Bertz CT molecular complexity index is 1040. The van der Waals surface area contributed by atoms with Crippen LogP contribution in [0.15, 0.2) is 66.5 Å². The first kappa shape index (κ1) is 18.2. The molecule has 0 aliphatic rings. The number of allylic oxidation sites excluding steroid dienone is 2. The standard InChI is InChI=1S/C18H14ClN7O/c1-2-13(5-6-21-9-20)27-16-4-3-12(7-14(16)19)26-18-17-15(23-11-25-18)8-22-10-24-17/h2-11,20H,1H2,(H,23,25,26)/b13-5+,20-9?,21-6+. The van der Waals surface area contributed by atoms with Crippen LogP contribution in [0.5, 0.6) is 5.75 Å². The van der Waals surface area contributed by atoms with E-state index in [1.807, 2.05) is 0 Å². The molecule has 0 saturated carbocycles. The van der Waals surface area contributed by atoms with Gasteiger partial charge in [-0.25, -0.2) is 24.9 Å². The molecule has 0 radical (unpaired) electrons. The predicted octanol–water partition coefficient (Wildman–Crippen LogP) is 3.94. The molecule has 0 fully saturated rings. The summed E-state index contributed by atoms with van der Waals surface area (Å²) in [6.07, 6.45) is 9.93. The lowest BCUT2D eigenvalue weighted by Gasteiger charge is -2.11. The van der Waals surface area contributed by atoms with Crippen LogP contribution < -0.4 is 10.1 Å². The van der Waals surface area contributed by atoms with E-state index in [1.54, 1.807) is 30.5 Å². The Balaban J connectivity index is 1.82. The van der Waals surface area contributed by atoms with Gasteiger partial charge < -0.3 is 10.1 Å². The van der Waals surface area contributed by atoms with Gasteiger partial charge in [0, 0.05) is 11.9 Å². The topological polar surface area (TPSA) is 109 Å². The smallest absolute Gasteiger partial charge is 0.160 e. The zero-order valence-corrected chi connectivity index (χ0v) is 14.8. The highest BCUT2D eigenvalue weighted by Crippen LogP contribution is 2.31. The number of hydrogen-bond acceptors (Lipinski definition) is 7. The number of ether oxygens (including phenoxy) is 1. The summed E-state index contributed by atoms with van der Waals surface area (Å²) in [5.41, 5.74) is 1.94. The molecular formula is C18H14ClN7O. The molecule has 2 aromatic heterocycles. The molecule has 27 heavy (non-hydrogen) atoms. The van der Waals surface area contributed by atoms with E-state index in [9.17, 15) is 0 Å². The number of aromatic nitrogens is 4. The van der Waals surface area contributed by atoms with Gasteiger partial charge in [0.15, 0.2) is 5.82 Å². The van der Waals surface area contributed by atoms with E-state index in [2.05, 4.69) is 36.8 Å². The quantitative estimate of drug-likeness (QED) is 0.278. The number of nitrogens with zero attached hydrogens (tertiary/aromatic N) is 5. The Labute approximate surface area is 159 Å². The van der Waals surface area contributed by atoms with Crippen molar-refractivity contribution in [3.05, 3.63) is 66.6 Å². The molecule has 3 aromatic rings. The zero-order valence-electron chi connectivity index (χ0n) is 14.0. The van der Waals surface area contributed by atoms with Crippen LogP contribution in [-0.4, -0.2) is 32.5 Å². The minimum Gasteiger partial charge on any atom is -0.456 e. The Morgan fingerprint density at radius 3 is 2.93 bits per heavy atom. The van der Waals surface area contributed by atoms with Crippen LogP contribution in [0, 0.1) is 5.41 Å². The minimum absolute atomic E-state index is 0.393. The Morgan fingerprint density at radius 2 is 2.15 bits per heavy atom. The van der Waals surface area contributed by atoms with E-state index in [-0.39, 0.29) is 0 Å². The molecule has 134 valence electrons. The van der Waals surface area contributed by atoms with Crippen LogP contribution in [0.3, 0.4) is 0 Å². The third kappa shape index (κ3) is 4.50. The van der Waals surface area contributed by atoms with Gasteiger partial charge in [-0.3, -0.25) is 5.41 Å². The molecule has 0 aliphatic carbocycles. The average Bonchev–Trinajstić information content (AvgIpc) is 2.69. The fourth-order valence-corrected chi connectivity index (χ4v) is 2.35. The lowest BCUT2D eigenvalue weighted by molar-refractivity contribution is 0.446. The first-order valence-corrected chi connectivity index (χ1v) is 8.09. The largest absolute Gasteiger partial charge is 0.456 e. The van der Waals surface area contributed by atoms with E-state index < -0.39 is 0 Å². The molecule has 0 saturated heterocycles. The summed E-state index contributed by atoms with van der Waals surface area (Å²) >= 11 is 6.32. The van der Waals surface area contributed by atoms with Gasteiger partial charge in [0.05, 0.1) is 11.2 Å². The maximum Gasteiger partial charge on any atom is 0.160 e. The molecule has 0 amide bonds. The van der Waals surface area contributed by atoms with Crippen molar-refractivity contribution in [2.45, 2.75) is 0 Å². The van der Waals surface area contributed by atoms with E-state index in [4.69, 9.17) is 21.7 Å². The molecule has 0 aliphatic heterocycles. The summed E-state index contributed by atoms with van der Waals surface area (Å²) in [7, 11) is 0. The molecule has 2 heterocycles. The van der Waals surface area contributed by atoms with E-state index in [0.29, 0.717) is 39.1 Å². The maximum atomic E-state index is 6.86. The second kappa shape index (κ2) is 8.63. The number of fused-ring (bicyclic) bond motifs is 1. The number of benzene rings is 1. The molecule has 0 unspecified atom stereocenters. The number of halogens is 1. The molecular weight excluding hydrogens is 366 g/mol. The van der Waals surface area contributed by atoms with Gasteiger partial charge in [-0.15, -0.1) is 0 Å². The third-order valence-electron chi connectivity index (χ3n) is 3.32. The van der Waals surface area contributed by atoms with Gasteiger partial charge in [-0.1, -0.05) is 18.2 Å². The zero-order chi connectivity index (χ0) is 19.1. The summed E-state index contributed by atoms with van der Waals surface area (Å²) in [6.45, 7) is 3.67. The number of rotatable bonds is 7. The van der Waals surface area contributed by atoms with Crippen LogP contribution >= 0.6 is 11.6 Å². The second-order valence-corrected chi connectivity index (χ2v) is 5.46. The van der Waals surface area contributed by atoms with Crippen LogP contribution in [0.2, 0.25) is 5.02 Å². The Hall–Kier alpha value is -3.65. The SMILES string of the molecule is C=C/C(=C\C=N\C=N)Oc1ccc(Nc2ncnc3cncnc23)cc1Cl. The van der Waals surface area contributed by atoms with Crippen molar-refractivity contribution in [1.82, 2.24) is 19.9 Å². The normalized spacial score (nSPS) is 11.5. The van der Waals surface area contributed by atoms with E-state index in [0.717, 1.165) is 6.34 Å². The molecule has 9 heteroatoms. The molecule has 1 aromatic carbocycles. The summed E-state index contributed by atoms with van der Waals surface area (Å²) < 4.78 is 5.69. The van der Waals surface area contributed by atoms with Crippen molar-refractivity contribution in [1.29, 1.82) is 5.41 Å². The number of nitrogens with one attached hydrogen (secondary N) is 2.